The molecular weight excluding hydrogens is 182 g/mol. The van der Waals surface area contributed by atoms with Gasteiger partial charge >= 0.3 is 5.97 Å². The second-order valence-corrected chi connectivity index (χ2v) is 4.10. The van der Waals surface area contributed by atoms with Crippen molar-refractivity contribution < 1.29 is 9.90 Å². The molecule has 1 saturated carbocycles. The first-order chi connectivity index (χ1) is 6.75. The second-order valence-electron chi connectivity index (χ2n) is 4.10. The molecule has 3 rings (SSSR count). The molecule has 1 aliphatic carbocycles. The van der Waals surface area contributed by atoms with Crippen molar-refractivity contribution >= 4 is 5.97 Å². The minimum Gasteiger partial charge on any atom is -0.481 e. The Bertz CT molecular complexity index is 395. The van der Waals surface area contributed by atoms with E-state index in [0.29, 0.717) is 18.9 Å². The Hall–Kier alpha value is -1.39. The molecule has 1 atom stereocenters. The minimum atomic E-state index is -0.725. The third kappa shape index (κ3) is 1.05. The van der Waals surface area contributed by atoms with Crippen LogP contribution in [-0.2, 0) is 17.8 Å². The van der Waals surface area contributed by atoms with E-state index in [4.69, 9.17) is 5.11 Å². The zero-order valence-corrected chi connectivity index (χ0v) is 7.68. The number of carboxylic acid groups (broad SMARTS) is 1. The highest BCUT2D eigenvalue weighted by molar-refractivity contribution is 5.70. The molecular formula is C9H11N3O2. The summed E-state index contributed by atoms with van der Waals surface area (Å²) in [7, 11) is 0. The number of nitrogens with zero attached hydrogens (tertiary/aromatic N) is 3. The average molecular weight is 193 g/mol. The Morgan fingerprint density at radius 3 is 2.86 bits per heavy atom. The van der Waals surface area contributed by atoms with Gasteiger partial charge in [0.1, 0.15) is 11.6 Å². The van der Waals surface area contributed by atoms with E-state index in [2.05, 4.69) is 10.2 Å². The maximum atomic E-state index is 10.8. The summed E-state index contributed by atoms with van der Waals surface area (Å²) >= 11 is 0. The molecule has 0 aromatic carbocycles. The van der Waals surface area contributed by atoms with Crippen molar-refractivity contribution in [1.82, 2.24) is 14.8 Å². The van der Waals surface area contributed by atoms with Crippen LogP contribution in [0.3, 0.4) is 0 Å². The Morgan fingerprint density at radius 2 is 2.21 bits per heavy atom. The molecule has 0 unspecified atom stereocenters. The molecule has 1 N–H and O–H groups in total. The first-order valence-electron chi connectivity index (χ1n) is 4.90. The van der Waals surface area contributed by atoms with Crippen LogP contribution >= 0.6 is 0 Å². The van der Waals surface area contributed by atoms with E-state index in [1.54, 1.807) is 0 Å². The SMILES string of the molecule is O=C(O)[C@@H]1Cc2nnc(C3CC3)n2C1. The van der Waals surface area contributed by atoms with Crippen LogP contribution in [0.5, 0.6) is 0 Å². The Labute approximate surface area is 80.8 Å². The maximum absolute atomic E-state index is 10.8. The summed E-state index contributed by atoms with van der Waals surface area (Å²) < 4.78 is 2.00. The summed E-state index contributed by atoms with van der Waals surface area (Å²) in [6.45, 7) is 0.559. The van der Waals surface area contributed by atoms with Crippen molar-refractivity contribution in [3.63, 3.8) is 0 Å². The summed E-state index contributed by atoms with van der Waals surface area (Å²) in [6, 6.07) is 0. The van der Waals surface area contributed by atoms with Crippen molar-refractivity contribution in [2.45, 2.75) is 31.7 Å². The summed E-state index contributed by atoms with van der Waals surface area (Å²) in [6.07, 6.45) is 2.89. The van der Waals surface area contributed by atoms with Gasteiger partial charge in [0.25, 0.3) is 0 Å². The van der Waals surface area contributed by atoms with Crippen LogP contribution in [0.15, 0.2) is 0 Å². The molecule has 1 aromatic rings. The highest BCUT2D eigenvalue weighted by Crippen LogP contribution is 2.40. The average Bonchev–Trinajstić information content (AvgIpc) is 2.77. The van der Waals surface area contributed by atoms with Crippen molar-refractivity contribution in [2.75, 3.05) is 0 Å². The Balaban J connectivity index is 1.91. The number of carbonyl (C=O) groups is 1. The smallest absolute Gasteiger partial charge is 0.308 e. The zero-order valence-electron chi connectivity index (χ0n) is 7.68. The van der Waals surface area contributed by atoms with Gasteiger partial charge in [0.05, 0.1) is 5.92 Å². The third-order valence-electron chi connectivity index (χ3n) is 2.98. The highest BCUT2D eigenvalue weighted by Gasteiger charge is 2.36. The molecule has 0 saturated heterocycles. The van der Waals surface area contributed by atoms with Gasteiger partial charge in [0.15, 0.2) is 0 Å². The molecule has 14 heavy (non-hydrogen) atoms. The number of hydrogen-bond donors (Lipinski definition) is 1. The predicted molar refractivity (Wildman–Crippen MR) is 46.8 cm³/mol. The first kappa shape index (κ1) is 7.96. The number of aromatic nitrogens is 3. The quantitative estimate of drug-likeness (QED) is 0.738. The standard InChI is InChI=1S/C9H11N3O2/c13-9(14)6-3-7-10-11-8(5-1-2-5)12(7)4-6/h5-6H,1-4H2,(H,13,14)/t6-/m1/s1. The van der Waals surface area contributed by atoms with Crippen molar-refractivity contribution in [1.29, 1.82) is 0 Å². The lowest BCUT2D eigenvalue weighted by Crippen LogP contribution is -2.15. The number of rotatable bonds is 2. The molecule has 0 radical (unpaired) electrons. The van der Waals surface area contributed by atoms with Crippen molar-refractivity contribution in [2.24, 2.45) is 5.92 Å². The van der Waals surface area contributed by atoms with E-state index in [9.17, 15) is 4.79 Å². The molecule has 1 fully saturated rings. The lowest BCUT2D eigenvalue weighted by Gasteiger charge is -2.03. The van der Waals surface area contributed by atoms with E-state index in [1.807, 2.05) is 4.57 Å². The number of carboxylic acids is 1. The minimum absolute atomic E-state index is 0.294. The number of aliphatic carboxylic acids is 1. The fourth-order valence-electron chi connectivity index (χ4n) is 2.01. The molecule has 74 valence electrons. The van der Waals surface area contributed by atoms with Gasteiger partial charge in [-0.05, 0) is 12.8 Å². The van der Waals surface area contributed by atoms with Crippen LogP contribution in [0.2, 0.25) is 0 Å². The molecule has 2 heterocycles. The van der Waals surface area contributed by atoms with Crippen LogP contribution < -0.4 is 0 Å². The van der Waals surface area contributed by atoms with Crippen LogP contribution in [-0.4, -0.2) is 25.8 Å². The van der Waals surface area contributed by atoms with E-state index >= 15 is 0 Å². The van der Waals surface area contributed by atoms with Gasteiger partial charge in [-0.25, -0.2) is 0 Å². The van der Waals surface area contributed by atoms with Crippen LogP contribution in [0.1, 0.15) is 30.4 Å². The number of fused-ring (bicyclic) bond motifs is 1. The Kier molecular flexibility index (Phi) is 1.45. The lowest BCUT2D eigenvalue weighted by atomic mass is 10.1. The summed E-state index contributed by atoms with van der Waals surface area (Å²) in [5.74, 6) is 1.38. The van der Waals surface area contributed by atoms with E-state index in [1.165, 1.54) is 12.8 Å². The molecule has 5 nitrogen and oxygen atoms in total. The van der Waals surface area contributed by atoms with E-state index in [0.717, 1.165) is 11.6 Å². The van der Waals surface area contributed by atoms with Gasteiger partial charge in [-0.2, -0.15) is 0 Å². The monoisotopic (exact) mass is 193 g/mol. The van der Waals surface area contributed by atoms with Gasteiger partial charge in [-0.15, -0.1) is 10.2 Å². The van der Waals surface area contributed by atoms with E-state index in [-0.39, 0.29) is 5.92 Å². The molecule has 0 bridgehead atoms. The van der Waals surface area contributed by atoms with Crippen LogP contribution in [0, 0.1) is 5.92 Å². The predicted octanol–water partition coefficient (Wildman–Crippen LogP) is 0.412. The Morgan fingerprint density at radius 1 is 1.43 bits per heavy atom. The third-order valence-corrected chi connectivity index (χ3v) is 2.98. The molecule has 0 spiro atoms. The van der Waals surface area contributed by atoms with Crippen molar-refractivity contribution in [3.05, 3.63) is 11.6 Å². The molecule has 0 amide bonds. The summed E-state index contributed by atoms with van der Waals surface area (Å²) in [5, 5.41) is 17.0. The van der Waals surface area contributed by atoms with Crippen LogP contribution in [0.4, 0.5) is 0 Å². The maximum Gasteiger partial charge on any atom is 0.308 e. The van der Waals surface area contributed by atoms with Gasteiger partial charge in [-0.3, -0.25) is 4.79 Å². The second kappa shape index (κ2) is 2.56. The zero-order chi connectivity index (χ0) is 9.71. The molecule has 1 aliphatic heterocycles. The molecule has 1 aromatic heterocycles. The van der Waals surface area contributed by atoms with Gasteiger partial charge < -0.3 is 9.67 Å². The highest BCUT2D eigenvalue weighted by atomic mass is 16.4. The number of hydrogen-bond acceptors (Lipinski definition) is 3. The largest absolute Gasteiger partial charge is 0.481 e. The van der Waals surface area contributed by atoms with Gasteiger partial charge in [0.2, 0.25) is 0 Å². The van der Waals surface area contributed by atoms with Gasteiger partial charge in [0, 0.05) is 18.9 Å². The normalized spacial score (nSPS) is 25.0. The fourth-order valence-corrected chi connectivity index (χ4v) is 2.01. The van der Waals surface area contributed by atoms with Crippen molar-refractivity contribution in [3.8, 4) is 0 Å². The molecule has 2 aliphatic rings. The fraction of sp³-hybridized carbons (Fsp3) is 0.667. The first-order valence-corrected chi connectivity index (χ1v) is 4.90. The van der Waals surface area contributed by atoms with Crippen LogP contribution in [0.25, 0.3) is 0 Å². The lowest BCUT2D eigenvalue weighted by molar-refractivity contribution is -0.141. The summed E-state index contributed by atoms with van der Waals surface area (Å²) in [4.78, 5) is 10.8. The topological polar surface area (TPSA) is 68.0 Å². The van der Waals surface area contributed by atoms with Gasteiger partial charge in [-0.1, -0.05) is 0 Å². The van der Waals surface area contributed by atoms with E-state index < -0.39 is 5.97 Å². The summed E-state index contributed by atoms with van der Waals surface area (Å²) in [5.41, 5.74) is 0. The molecule has 5 heteroatoms.